The van der Waals surface area contributed by atoms with E-state index in [9.17, 15) is 13.2 Å². The van der Waals surface area contributed by atoms with Crippen molar-refractivity contribution in [2.45, 2.75) is 18.2 Å². The Balaban J connectivity index is 1.95. The van der Waals surface area contributed by atoms with Crippen LogP contribution < -0.4 is 19.1 Å². The Labute approximate surface area is 198 Å². The van der Waals surface area contributed by atoms with Gasteiger partial charge < -0.3 is 14.8 Å². The van der Waals surface area contributed by atoms with E-state index in [1.807, 2.05) is 19.1 Å². The van der Waals surface area contributed by atoms with Crippen molar-refractivity contribution in [3.05, 3.63) is 77.3 Å². The average molecular weight is 489 g/mol. The second kappa shape index (κ2) is 10.6. The van der Waals surface area contributed by atoms with Crippen LogP contribution in [0.2, 0.25) is 5.02 Å². The molecular weight excluding hydrogens is 464 g/mol. The summed E-state index contributed by atoms with van der Waals surface area (Å²) in [5, 5.41) is 3.20. The van der Waals surface area contributed by atoms with Crippen LogP contribution in [0.25, 0.3) is 0 Å². The molecule has 33 heavy (non-hydrogen) atoms. The first kappa shape index (κ1) is 24.4. The van der Waals surface area contributed by atoms with Gasteiger partial charge in [0.25, 0.3) is 10.0 Å². The minimum Gasteiger partial charge on any atom is -0.493 e. The summed E-state index contributed by atoms with van der Waals surface area (Å²) in [5.74, 6) is 0.163. The summed E-state index contributed by atoms with van der Waals surface area (Å²) >= 11 is 5.98. The van der Waals surface area contributed by atoms with Gasteiger partial charge in [0.1, 0.15) is 6.54 Å². The molecule has 0 aliphatic carbocycles. The molecule has 0 aliphatic heterocycles. The van der Waals surface area contributed by atoms with Gasteiger partial charge in [-0.05, 0) is 60.5 Å². The van der Waals surface area contributed by atoms with E-state index in [0.717, 1.165) is 16.3 Å². The maximum absolute atomic E-state index is 13.6. The number of carbonyl (C=O) groups is 1. The lowest BCUT2D eigenvalue weighted by atomic mass is 10.1. The van der Waals surface area contributed by atoms with Crippen LogP contribution in [0, 0.1) is 0 Å². The van der Waals surface area contributed by atoms with E-state index in [2.05, 4.69) is 5.32 Å². The third kappa shape index (κ3) is 5.77. The number of hydrogen-bond donors (Lipinski definition) is 1. The molecule has 0 heterocycles. The van der Waals surface area contributed by atoms with Gasteiger partial charge in [0.2, 0.25) is 5.91 Å². The summed E-state index contributed by atoms with van der Waals surface area (Å²) in [7, 11) is -1.25. The molecule has 1 N–H and O–H groups in total. The van der Waals surface area contributed by atoms with Crippen molar-refractivity contribution in [2.24, 2.45) is 0 Å². The van der Waals surface area contributed by atoms with Gasteiger partial charge in [-0.3, -0.25) is 9.10 Å². The fraction of sp³-hybridized carbons (Fsp3) is 0.208. The monoisotopic (exact) mass is 488 g/mol. The van der Waals surface area contributed by atoms with Crippen LogP contribution in [-0.4, -0.2) is 35.1 Å². The number of carbonyl (C=O) groups excluding carboxylic acids is 1. The zero-order valence-electron chi connectivity index (χ0n) is 18.5. The highest BCUT2D eigenvalue weighted by Gasteiger charge is 2.28. The van der Waals surface area contributed by atoms with Crippen molar-refractivity contribution in [3.63, 3.8) is 0 Å². The molecule has 0 unspecified atom stereocenters. The summed E-state index contributed by atoms with van der Waals surface area (Å²) in [4.78, 5) is 12.8. The van der Waals surface area contributed by atoms with Crippen molar-refractivity contribution in [1.29, 1.82) is 0 Å². The van der Waals surface area contributed by atoms with Crippen LogP contribution >= 0.6 is 11.6 Å². The summed E-state index contributed by atoms with van der Waals surface area (Å²) in [5.41, 5.74) is 2.01. The van der Waals surface area contributed by atoms with Crippen molar-refractivity contribution < 1.29 is 22.7 Å². The first-order chi connectivity index (χ1) is 15.8. The summed E-state index contributed by atoms with van der Waals surface area (Å²) in [6.45, 7) is 1.60. The number of ether oxygens (including phenoxy) is 2. The number of methoxy groups -OCH3 is 2. The van der Waals surface area contributed by atoms with E-state index in [4.69, 9.17) is 21.1 Å². The number of nitrogens with one attached hydrogen (secondary N) is 1. The fourth-order valence-corrected chi connectivity index (χ4v) is 4.74. The Bertz CT molecular complexity index is 1210. The maximum atomic E-state index is 13.6. The lowest BCUT2D eigenvalue weighted by Crippen LogP contribution is -2.38. The van der Waals surface area contributed by atoms with Gasteiger partial charge in [-0.1, -0.05) is 30.7 Å². The number of rotatable bonds is 9. The van der Waals surface area contributed by atoms with Crippen LogP contribution in [0.15, 0.2) is 71.6 Å². The third-order valence-corrected chi connectivity index (χ3v) is 7.01. The highest BCUT2D eigenvalue weighted by molar-refractivity contribution is 7.92. The number of anilines is 2. The molecule has 9 heteroatoms. The maximum Gasteiger partial charge on any atom is 0.264 e. The van der Waals surface area contributed by atoms with Gasteiger partial charge >= 0.3 is 0 Å². The third-order valence-electron chi connectivity index (χ3n) is 4.99. The molecule has 174 valence electrons. The number of aryl methyl sites for hydroxylation is 1. The molecule has 0 aromatic heterocycles. The van der Waals surface area contributed by atoms with Crippen molar-refractivity contribution in [1.82, 2.24) is 0 Å². The molecule has 0 bridgehead atoms. The van der Waals surface area contributed by atoms with Crippen LogP contribution in [0.1, 0.15) is 12.5 Å². The molecule has 0 atom stereocenters. The first-order valence-electron chi connectivity index (χ1n) is 10.2. The molecule has 0 fully saturated rings. The van der Waals surface area contributed by atoms with E-state index in [-0.39, 0.29) is 10.6 Å². The number of benzene rings is 3. The molecule has 0 aliphatic rings. The van der Waals surface area contributed by atoms with Gasteiger partial charge in [-0.25, -0.2) is 8.42 Å². The molecular formula is C24H25ClN2O5S. The quantitative estimate of drug-likeness (QED) is 0.469. The summed E-state index contributed by atoms with van der Waals surface area (Å²) in [6, 6.07) is 17.9. The highest BCUT2D eigenvalue weighted by Crippen LogP contribution is 2.32. The molecule has 1 amide bonds. The van der Waals surface area contributed by atoms with E-state index in [1.54, 1.807) is 36.4 Å². The topological polar surface area (TPSA) is 84.9 Å². The van der Waals surface area contributed by atoms with Gasteiger partial charge in [-0.2, -0.15) is 0 Å². The van der Waals surface area contributed by atoms with Crippen molar-refractivity contribution in [2.75, 3.05) is 30.4 Å². The van der Waals surface area contributed by atoms with Crippen LogP contribution in [0.3, 0.4) is 0 Å². The molecule has 0 saturated carbocycles. The Morgan fingerprint density at radius 1 is 0.939 bits per heavy atom. The lowest BCUT2D eigenvalue weighted by Gasteiger charge is -2.24. The Kier molecular flexibility index (Phi) is 7.84. The molecule has 3 rings (SSSR count). The average Bonchev–Trinajstić information content (AvgIpc) is 2.83. The summed E-state index contributed by atoms with van der Waals surface area (Å²) < 4.78 is 38.6. The second-order valence-electron chi connectivity index (χ2n) is 7.10. The van der Waals surface area contributed by atoms with E-state index < -0.39 is 22.5 Å². The fourth-order valence-electron chi connectivity index (χ4n) is 3.18. The standard InChI is InChI=1S/C24H25ClN2O5S/c1-4-17-5-9-19(10-6-17)26-24(28)16-27(20-11-7-18(25)8-12-20)33(29,30)21-13-14-22(31-2)23(15-21)32-3/h5-15H,4,16H2,1-3H3,(H,26,28). The molecule has 0 spiro atoms. The van der Waals surface area contributed by atoms with Crippen LogP contribution in [-0.2, 0) is 21.2 Å². The predicted molar refractivity (Wildman–Crippen MR) is 130 cm³/mol. The molecule has 3 aromatic carbocycles. The number of hydrogen-bond acceptors (Lipinski definition) is 5. The van der Waals surface area contributed by atoms with E-state index >= 15 is 0 Å². The molecule has 3 aromatic rings. The smallest absolute Gasteiger partial charge is 0.264 e. The van der Waals surface area contributed by atoms with Crippen molar-refractivity contribution >= 4 is 38.9 Å². The second-order valence-corrected chi connectivity index (χ2v) is 9.40. The Morgan fingerprint density at radius 3 is 2.15 bits per heavy atom. The number of sulfonamides is 1. The highest BCUT2D eigenvalue weighted by atomic mass is 35.5. The Hall–Kier alpha value is -3.23. The van der Waals surface area contributed by atoms with Gasteiger partial charge in [0.05, 0.1) is 24.8 Å². The number of amides is 1. The summed E-state index contributed by atoms with van der Waals surface area (Å²) in [6.07, 6.45) is 0.877. The first-order valence-corrected chi connectivity index (χ1v) is 12.0. The largest absolute Gasteiger partial charge is 0.493 e. The molecule has 0 radical (unpaired) electrons. The lowest BCUT2D eigenvalue weighted by molar-refractivity contribution is -0.114. The van der Waals surface area contributed by atoms with E-state index in [0.29, 0.717) is 22.1 Å². The van der Waals surface area contributed by atoms with Gasteiger partial charge in [0.15, 0.2) is 11.5 Å². The van der Waals surface area contributed by atoms with Gasteiger partial charge in [-0.15, -0.1) is 0 Å². The van der Waals surface area contributed by atoms with E-state index in [1.165, 1.54) is 32.4 Å². The minimum absolute atomic E-state index is 0.0461. The molecule has 7 nitrogen and oxygen atoms in total. The zero-order chi connectivity index (χ0) is 24.0. The zero-order valence-corrected chi connectivity index (χ0v) is 20.1. The van der Waals surface area contributed by atoms with Crippen LogP contribution in [0.4, 0.5) is 11.4 Å². The predicted octanol–water partition coefficient (Wildman–Crippen LogP) is 4.75. The number of nitrogens with zero attached hydrogens (tertiary/aromatic N) is 1. The van der Waals surface area contributed by atoms with Crippen molar-refractivity contribution in [3.8, 4) is 11.5 Å². The SMILES string of the molecule is CCc1ccc(NC(=O)CN(c2ccc(Cl)cc2)S(=O)(=O)c2ccc(OC)c(OC)c2)cc1. The van der Waals surface area contributed by atoms with Gasteiger partial charge in [0, 0.05) is 16.8 Å². The van der Waals surface area contributed by atoms with Crippen LogP contribution in [0.5, 0.6) is 11.5 Å². The normalized spacial score (nSPS) is 11.0. The Morgan fingerprint density at radius 2 is 1.58 bits per heavy atom. The number of halogens is 1. The molecule has 0 saturated heterocycles. The minimum atomic E-state index is -4.13.